The highest BCUT2D eigenvalue weighted by Crippen LogP contribution is 2.29. The number of hydrogen-bond acceptors (Lipinski definition) is 4. The molecule has 1 aromatic carbocycles. The van der Waals surface area contributed by atoms with Crippen LogP contribution in [0.4, 0.5) is 5.69 Å². The first kappa shape index (κ1) is 13.5. The number of halogens is 1. The van der Waals surface area contributed by atoms with Crippen molar-refractivity contribution in [2.24, 2.45) is 0 Å². The zero-order valence-corrected chi connectivity index (χ0v) is 12.0. The van der Waals surface area contributed by atoms with Crippen LogP contribution in [-0.2, 0) is 0 Å². The molecule has 0 aliphatic rings. The molecular formula is C11H13IN2OS. The van der Waals surface area contributed by atoms with E-state index in [4.69, 9.17) is 15.7 Å². The van der Waals surface area contributed by atoms with E-state index in [1.165, 1.54) is 0 Å². The first-order valence-corrected chi connectivity index (χ1v) is 7.27. The first-order valence-electron chi connectivity index (χ1n) is 4.80. The number of thioether (sulfide) groups is 1. The van der Waals surface area contributed by atoms with Gasteiger partial charge in [-0.05, 0) is 53.2 Å². The fourth-order valence-corrected chi connectivity index (χ4v) is 2.42. The summed E-state index contributed by atoms with van der Waals surface area (Å²) >= 11 is 3.93. The van der Waals surface area contributed by atoms with Gasteiger partial charge < -0.3 is 10.5 Å². The molecule has 0 spiro atoms. The molecule has 0 atom stereocenters. The molecule has 0 amide bonds. The van der Waals surface area contributed by atoms with Crippen molar-refractivity contribution in [3.05, 3.63) is 21.3 Å². The molecule has 1 rings (SSSR count). The molecule has 0 aromatic heterocycles. The molecule has 86 valence electrons. The van der Waals surface area contributed by atoms with E-state index in [1.807, 2.05) is 0 Å². The average Bonchev–Trinajstić information content (AvgIpc) is 2.26. The van der Waals surface area contributed by atoms with E-state index in [-0.39, 0.29) is 0 Å². The number of nitrogen functional groups attached to an aromatic ring is 1. The van der Waals surface area contributed by atoms with E-state index in [0.717, 1.165) is 15.7 Å². The number of benzene rings is 1. The SMILES string of the molecule is CSCCCOc1c(N)cc(C#N)cc1I. The summed E-state index contributed by atoms with van der Waals surface area (Å²) < 4.78 is 6.50. The molecule has 0 saturated carbocycles. The molecule has 0 saturated heterocycles. The molecule has 0 aliphatic heterocycles. The van der Waals surface area contributed by atoms with Gasteiger partial charge in [0.2, 0.25) is 0 Å². The summed E-state index contributed by atoms with van der Waals surface area (Å²) in [6.07, 6.45) is 3.07. The number of rotatable bonds is 5. The van der Waals surface area contributed by atoms with E-state index in [2.05, 4.69) is 34.9 Å². The molecule has 0 radical (unpaired) electrons. The molecule has 5 heteroatoms. The van der Waals surface area contributed by atoms with Crippen LogP contribution in [0.3, 0.4) is 0 Å². The van der Waals surface area contributed by atoms with E-state index in [1.54, 1.807) is 23.9 Å². The highest BCUT2D eigenvalue weighted by atomic mass is 127. The topological polar surface area (TPSA) is 59.0 Å². The van der Waals surface area contributed by atoms with Crippen LogP contribution in [-0.4, -0.2) is 18.6 Å². The van der Waals surface area contributed by atoms with Crippen LogP contribution in [0.1, 0.15) is 12.0 Å². The van der Waals surface area contributed by atoms with E-state index >= 15 is 0 Å². The van der Waals surface area contributed by atoms with Crippen LogP contribution < -0.4 is 10.5 Å². The fraction of sp³-hybridized carbons (Fsp3) is 0.364. The Bertz CT molecular complexity index is 380. The summed E-state index contributed by atoms with van der Waals surface area (Å²) in [7, 11) is 0. The molecule has 2 N–H and O–H groups in total. The van der Waals surface area contributed by atoms with Gasteiger partial charge in [-0.2, -0.15) is 17.0 Å². The minimum absolute atomic E-state index is 0.535. The third-order valence-corrected chi connectivity index (χ3v) is 3.44. The number of anilines is 1. The Morgan fingerprint density at radius 3 is 2.88 bits per heavy atom. The largest absolute Gasteiger partial charge is 0.490 e. The number of nitriles is 1. The first-order chi connectivity index (χ1) is 7.69. The van der Waals surface area contributed by atoms with Crippen LogP contribution in [0.25, 0.3) is 0 Å². The molecule has 0 fully saturated rings. The number of nitrogens with two attached hydrogens (primary N) is 1. The highest BCUT2D eigenvalue weighted by molar-refractivity contribution is 14.1. The van der Waals surface area contributed by atoms with Crippen LogP contribution in [0.5, 0.6) is 5.75 Å². The second-order valence-corrected chi connectivity index (χ2v) is 5.33. The highest BCUT2D eigenvalue weighted by Gasteiger charge is 2.07. The van der Waals surface area contributed by atoms with E-state index in [0.29, 0.717) is 23.6 Å². The Kier molecular flexibility index (Phi) is 5.77. The van der Waals surface area contributed by atoms with Gasteiger partial charge in [0.15, 0.2) is 5.75 Å². The molecular weight excluding hydrogens is 335 g/mol. The van der Waals surface area contributed by atoms with Crippen molar-refractivity contribution in [1.82, 2.24) is 0 Å². The Morgan fingerprint density at radius 1 is 1.56 bits per heavy atom. The third-order valence-electron chi connectivity index (χ3n) is 1.94. The molecule has 16 heavy (non-hydrogen) atoms. The van der Waals surface area contributed by atoms with Crippen molar-refractivity contribution in [2.45, 2.75) is 6.42 Å². The normalized spacial score (nSPS) is 9.81. The van der Waals surface area contributed by atoms with Gasteiger partial charge in [0.05, 0.1) is 27.5 Å². The summed E-state index contributed by atoms with van der Waals surface area (Å²) in [6, 6.07) is 5.49. The van der Waals surface area contributed by atoms with Crippen molar-refractivity contribution in [3.8, 4) is 11.8 Å². The number of ether oxygens (including phenoxy) is 1. The molecule has 0 heterocycles. The molecule has 0 unspecified atom stereocenters. The smallest absolute Gasteiger partial charge is 0.155 e. The van der Waals surface area contributed by atoms with Crippen molar-refractivity contribution >= 4 is 40.0 Å². The number of hydrogen-bond donors (Lipinski definition) is 1. The van der Waals surface area contributed by atoms with Crippen molar-refractivity contribution in [1.29, 1.82) is 5.26 Å². The maximum absolute atomic E-state index is 8.77. The number of nitrogens with zero attached hydrogens (tertiary/aromatic N) is 1. The van der Waals surface area contributed by atoms with Crippen molar-refractivity contribution in [3.63, 3.8) is 0 Å². The molecule has 0 aliphatic carbocycles. The van der Waals surface area contributed by atoms with Gasteiger partial charge >= 0.3 is 0 Å². The molecule has 0 bridgehead atoms. The van der Waals surface area contributed by atoms with Gasteiger partial charge in [0.25, 0.3) is 0 Å². The summed E-state index contributed by atoms with van der Waals surface area (Å²) in [5, 5.41) is 8.77. The molecule has 3 nitrogen and oxygen atoms in total. The van der Waals surface area contributed by atoms with Crippen LogP contribution in [0.2, 0.25) is 0 Å². The Balaban J connectivity index is 2.70. The Hall–Kier alpha value is -0.610. The predicted octanol–water partition coefficient (Wildman–Crippen LogP) is 2.88. The quantitative estimate of drug-likeness (QED) is 0.505. The molecule has 1 aromatic rings. The zero-order chi connectivity index (χ0) is 12.0. The third kappa shape index (κ3) is 3.76. The van der Waals surface area contributed by atoms with Gasteiger partial charge in [-0.15, -0.1) is 0 Å². The van der Waals surface area contributed by atoms with Gasteiger partial charge in [0, 0.05) is 0 Å². The minimum Gasteiger partial charge on any atom is -0.490 e. The zero-order valence-electron chi connectivity index (χ0n) is 9.00. The minimum atomic E-state index is 0.535. The predicted molar refractivity (Wildman–Crippen MR) is 76.8 cm³/mol. The summed E-state index contributed by atoms with van der Waals surface area (Å²) in [5.41, 5.74) is 6.93. The van der Waals surface area contributed by atoms with Crippen molar-refractivity contribution < 1.29 is 4.74 Å². The lowest BCUT2D eigenvalue weighted by Gasteiger charge is -2.10. The van der Waals surface area contributed by atoms with Crippen molar-refractivity contribution in [2.75, 3.05) is 24.3 Å². The van der Waals surface area contributed by atoms with E-state index in [9.17, 15) is 0 Å². The monoisotopic (exact) mass is 348 g/mol. The van der Waals surface area contributed by atoms with Gasteiger partial charge in [-0.3, -0.25) is 0 Å². The van der Waals surface area contributed by atoms with Crippen LogP contribution in [0.15, 0.2) is 12.1 Å². The van der Waals surface area contributed by atoms with E-state index < -0.39 is 0 Å². The summed E-state index contributed by atoms with van der Waals surface area (Å²) in [4.78, 5) is 0. The van der Waals surface area contributed by atoms with Crippen LogP contribution >= 0.6 is 34.4 Å². The second-order valence-electron chi connectivity index (χ2n) is 3.18. The van der Waals surface area contributed by atoms with Crippen LogP contribution in [0, 0.1) is 14.9 Å². The Morgan fingerprint density at radius 2 is 2.31 bits per heavy atom. The fourth-order valence-electron chi connectivity index (χ4n) is 1.21. The second kappa shape index (κ2) is 6.86. The maximum atomic E-state index is 8.77. The summed E-state index contributed by atoms with van der Waals surface area (Å²) in [6.45, 7) is 0.660. The van der Waals surface area contributed by atoms with Gasteiger partial charge in [-0.1, -0.05) is 0 Å². The lowest BCUT2D eigenvalue weighted by Crippen LogP contribution is -2.03. The van der Waals surface area contributed by atoms with Gasteiger partial charge in [-0.25, -0.2) is 0 Å². The maximum Gasteiger partial charge on any atom is 0.155 e. The van der Waals surface area contributed by atoms with Gasteiger partial charge in [0.1, 0.15) is 0 Å². The lowest BCUT2D eigenvalue weighted by molar-refractivity contribution is 0.318. The Labute approximate surface area is 113 Å². The average molecular weight is 348 g/mol. The summed E-state index contributed by atoms with van der Waals surface area (Å²) in [5.74, 6) is 1.77. The standard InChI is InChI=1S/C11H13IN2OS/c1-16-4-2-3-15-11-9(12)5-8(7-13)6-10(11)14/h5-6H,2-4,14H2,1H3. The lowest BCUT2D eigenvalue weighted by atomic mass is 10.2.